The molecular weight excluding hydrogens is 258 g/mol. The Bertz CT molecular complexity index is 541. The summed E-state index contributed by atoms with van der Waals surface area (Å²) in [6.07, 6.45) is 0. The largest absolute Gasteiger partial charge is 0.486 e. The summed E-state index contributed by atoms with van der Waals surface area (Å²) >= 11 is 7.31. The average molecular weight is 268 g/mol. The number of thiazole rings is 1. The molecular formula is C12H10ClNO2S. The predicted molar refractivity (Wildman–Crippen MR) is 68.1 cm³/mol. The van der Waals surface area contributed by atoms with E-state index in [0.717, 1.165) is 27.8 Å². The third kappa shape index (κ3) is 2.10. The number of nitrogens with zero attached hydrogens (tertiary/aromatic N) is 1. The molecule has 1 aromatic carbocycles. The summed E-state index contributed by atoms with van der Waals surface area (Å²) in [6.45, 7) is 1.21. The first kappa shape index (κ1) is 10.9. The number of hydrogen-bond donors (Lipinski definition) is 0. The highest BCUT2D eigenvalue weighted by molar-refractivity contribution is 7.10. The highest BCUT2D eigenvalue weighted by Crippen LogP contribution is 2.34. The molecule has 0 N–H and O–H groups in total. The Hall–Kier alpha value is -1.26. The van der Waals surface area contributed by atoms with Crippen molar-refractivity contribution in [1.29, 1.82) is 0 Å². The van der Waals surface area contributed by atoms with Crippen molar-refractivity contribution in [2.75, 3.05) is 13.2 Å². The molecule has 0 saturated heterocycles. The van der Waals surface area contributed by atoms with E-state index < -0.39 is 0 Å². The molecule has 2 aromatic rings. The number of ether oxygens (including phenoxy) is 2. The second-order valence-corrected chi connectivity index (χ2v) is 4.83. The number of aromatic nitrogens is 1. The minimum absolute atomic E-state index is 0.454. The normalized spacial score (nSPS) is 13.7. The molecule has 0 aliphatic carbocycles. The molecule has 0 atom stereocenters. The van der Waals surface area contributed by atoms with Crippen LogP contribution in [0.4, 0.5) is 0 Å². The maximum atomic E-state index is 5.75. The monoisotopic (exact) mass is 267 g/mol. The average Bonchev–Trinajstić information content (AvgIpc) is 2.87. The van der Waals surface area contributed by atoms with E-state index in [1.165, 1.54) is 0 Å². The van der Waals surface area contributed by atoms with Crippen LogP contribution in [0.5, 0.6) is 11.5 Å². The standard InChI is InChI=1S/C12H10ClNO2S/c13-6-12-14-9(7-17-12)8-1-2-10-11(5-8)16-4-3-15-10/h1-2,5,7H,3-4,6H2. The van der Waals surface area contributed by atoms with E-state index in [4.69, 9.17) is 21.1 Å². The Labute approximate surface area is 108 Å². The molecule has 1 aliphatic rings. The summed E-state index contributed by atoms with van der Waals surface area (Å²) in [5, 5.41) is 2.93. The molecule has 0 saturated carbocycles. The molecule has 0 unspecified atom stereocenters. The molecule has 3 nitrogen and oxygen atoms in total. The second-order valence-electron chi connectivity index (χ2n) is 3.62. The topological polar surface area (TPSA) is 31.4 Å². The number of fused-ring (bicyclic) bond motifs is 1. The van der Waals surface area contributed by atoms with Crippen molar-refractivity contribution in [3.63, 3.8) is 0 Å². The third-order valence-electron chi connectivity index (χ3n) is 2.50. The first-order chi connectivity index (χ1) is 8.36. The quantitative estimate of drug-likeness (QED) is 0.782. The van der Waals surface area contributed by atoms with Crippen LogP contribution < -0.4 is 9.47 Å². The molecule has 0 fully saturated rings. The van der Waals surface area contributed by atoms with E-state index in [1.54, 1.807) is 11.3 Å². The minimum Gasteiger partial charge on any atom is -0.486 e. The summed E-state index contributed by atoms with van der Waals surface area (Å²) in [7, 11) is 0. The molecule has 1 aromatic heterocycles. The molecule has 0 bridgehead atoms. The van der Waals surface area contributed by atoms with Gasteiger partial charge < -0.3 is 9.47 Å². The SMILES string of the molecule is ClCc1nc(-c2ccc3c(c2)OCCO3)cs1. The van der Waals surface area contributed by atoms with E-state index >= 15 is 0 Å². The fourth-order valence-corrected chi connectivity index (χ4v) is 2.61. The van der Waals surface area contributed by atoms with Crippen LogP contribution in [0.25, 0.3) is 11.3 Å². The number of alkyl halides is 1. The van der Waals surface area contributed by atoms with Gasteiger partial charge in [0, 0.05) is 10.9 Å². The van der Waals surface area contributed by atoms with Gasteiger partial charge in [0.2, 0.25) is 0 Å². The molecule has 88 valence electrons. The van der Waals surface area contributed by atoms with Gasteiger partial charge in [0.1, 0.15) is 18.2 Å². The van der Waals surface area contributed by atoms with Gasteiger partial charge >= 0.3 is 0 Å². The third-order valence-corrected chi connectivity index (χ3v) is 3.76. The second kappa shape index (κ2) is 4.55. The Morgan fingerprint density at radius 3 is 2.82 bits per heavy atom. The molecule has 0 spiro atoms. The first-order valence-electron chi connectivity index (χ1n) is 5.27. The lowest BCUT2D eigenvalue weighted by atomic mass is 10.1. The highest BCUT2D eigenvalue weighted by atomic mass is 35.5. The van der Waals surface area contributed by atoms with E-state index in [-0.39, 0.29) is 0 Å². The predicted octanol–water partition coefficient (Wildman–Crippen LogP) is 3.32. The minimum atomic E-state index is 0.454. The Morgan fingerprint density at radius 1 is 1.24 bits per heavy atom. The lowest BCUT2D eigenvalue weighted by Gasteiger charge is -2.18. The Morgan fingerprint density at radius 2 is 2.06 bits per heavy atom. The lowest BCUT2D eigenvalue weighted by molar-refractivity contribution is 0.171. The van der Waals surface area contributed by atoms with Crippen LogP contribution in [0, 0.1) is 0 Å². The Kier molecular flexibility index (Phi) is 2.91. The van der Waals surface area contributed by atoms with E-state index in [0.29, 0.717) is 19.1 Å². The van der Waals surface area contributed by atoms with Gasteiger partial charge in [-0.1, -0.05) is 0 Å². The van der Waals surface area contributed by atoms with Gasteiger partial charge in [-0.05, 0) is 18.2 Å². The molecule has 3 rings (SSSR count). The van der Waals surface area contributed by atoms with E-state index in [1.807, 2.05) is 23.6 Å². The zero-order valence-corrected chi connectivity index (χ0v) is 10.6. The van der Waals surface area contributed by atoms with Crippen LogP contribution in [0.15, 0.2) is 23.6 Å². The van der Waals surface area contributed by atoms with E-state index in [9.17, 15) is 0 Å². The zero-order valence-electron chi connectivity index (χ0n) is 8.98. The van der Waals surface area contributed by atoms with Gasteiger partial charge in [-0.3, -0.25) is 0 Å². The summed E-state index contributed by atoms with van der Waals surface area (Å²) in [5.41, 5.74) is 1.96. The maximum Gasteiger partial charge on any atom is 0.162 e. The number of halogens is 1. The van der Waals surface area contributed by atoms with Crippen molar-refractivity contribution >= 4 is 22.9 Å². The summed E-state index contributed by atoms with van der Waals surface area (Å²) in [6, 6.07) is 5.87. The molecule has 17 heavy (non-hydrogen) atoms. The summed E-state index contributed by atoms with van der Waals surface area (Å²) in [4.78, 5) is 4.44. The van der Waals surface area contributed by atoms with Gasteiger partial charge in [-0.2, -0.15) is 0 Å². The van der Waals surface area contributed by atoms with Crippen molar-refractivity contribution in [3.8, 4) is 22.8 Å². The molecule has 0 radical (unpaired) electrons. The highest BCUT2D eigenvalue weighted by Gasteiger charge is 2.13. The van der Waals surface area contributed by atoms with Crippen LogP contribution in [0.1, 0.15) is 5.01 Å². The van der Waals surface area contributed by atoms with Crippen molar-refractivity contribution in [2.24, 2.45) is 0 Å². The van der Waals surface area contributed by atoms with Crippen LogP contribution in [-0.4, -0.2) is 18.2 Å². The lowest BCUT2D eigenvalue weighted by Crippen LogP contribution is -2.15. The fourth-order valence-electron chi connectivity index (χ4n) is 1.71. The van der Waals surface area contributed by atoms with Crippen molar-refractivity contribution in [3.05, 3.63) is 28.6 Å². The van der Waals surface area contributed by atoms with Crippen LogP contribution >= 0.6 is 22.9 Å². The van der Waals surface area contributed by atoms with Gasteiger partial charge in [0.05, 0.1) is 11.6 Å². The number of rotatable bonds is 2. The summed E-state index contributed by atoms with van der Waals surface area (Å²) in [5.74, 6) is 2.04. The smallest absolute Gasteiger partial charge is 0.162 e. The molecule has 1 aliphatic heterocycles. The summed E-state index contributed by atoms with van der Waals surface area (Å²) < 4.78 is 11.0. The molecule has 0 amide bonds. The van der Waals surface area contributed by atoms with Crippen LogP contribution in [0.2, 0.25) is 0 Å². The maximum absolute atomic E-state index is 5.75. The van der Waals surface area contributed by atoms with Gasteiger partial charge in [-0.25, -0.2) is 4.98 Å². The van der Waals surface area contributed by atoms with Crippen molar-refractivity contribution in [1.82, 2.24) is 4.98 Å². The van der Waals surface area contributed by atoms with Gasteiger partial charge in [0.15, 0.2) is 11.5 Å². The van der Waals surface area contributed by atoms with Gasteiger partial charge in [0.25, 0.3) is 0 Å². The molecule has 5 heteroatoms. The molecule has 2 heterocycles. The zero-order chi connectivity index (χ0) is 11.7. The number of hydrogen-bond acceptors (Lipinski definition) is 4. The first-order valence-corrected chi connectivity index (χ1v) is 6.68. The number of benzene rings is 1. The fraction of sp³-hybridized carbons (Fsp3) is 0.250. The van der Waals surface area contributed by atoms with Gasteiger partial charge in [-0.15, -0.1) is 22.9 Å². The van der Waals surface area contributed by atoms with Crippen LogP contribution in [-0.2, 0) is 5.88 Å². The van der Waals surface area contributed by atoms with Crippen molar-refractivity contribution in [2.45, 2.75) is 5.88 Å². The van der Waals surface area contributed by atoms with Crippen LogP contribution in [0.3, 0.4) is 0 Å². The van der Waals surface area contributed by atoms with Crippen molar-refractivity contribution < 1.29 is 9.47 Å². The Balaban J connectivity index is 1.97. The van der Waals surface area contributed by atoms with E-state index in [2.05, 4.69) is 4.98 Å².